The first kappa shape index (κ1) is 11.8. The van der Waals surface area contributed by atoms with Gasteiger partial charge in [0.1, 0.15) is 0 Å². The van der Waals surface area contributed by atoms with Gasteiger partial charge in [-0.25, -0.2) is 0 Å². The number of rotatable bonds is 2. The normalized spacial score (nSPS) is 11.5. The summed E-state index contributed by atoms with van der Waals surface area (Å²) in [6.07, 6.45) is 2.11. The third-order valence-corrected chi connectivity index (χ3v) is 4.90. The highest BCUT2D eigenvalue weighted by molar-refractivity contribution is 14.2. The highest BCUT2D eigenvalue weighted by Gasteiger charge is 2.09. The van der Waals surface area contributed by atoms with Crippen molar-refractivity contribution in [3.05, 3.63) is 34.4 Å². The van der Waals surface area contributed by atoms with Gasteiger partial charge in [0.05, 0.1) is 5.52 Å². The minimum Gasteiger partial charge on any atom is -0.282 e. The van der Waals surface area contributed by atoms with Crippen molar-refractivity contribution in [2.45, 2.75) is 19.8 Å². The molecule has 0 aliphatic rings. The van der Waals surface area contributed by atoms with Gasteiger partial charge >= 0.3 is 0 Å². The first-order chi connectivity index (χ1) is 7.13. The monoisotopic (exact) mass is 395 g/mol. The predicted octanol–water partition coefficient (Wildman–Crippen LogP) is 5.37. The van der Waals surface area contributed by atoms with Crippen LogP contribution in [0.5, 0.6) is 0 Å². The molecule has 0 fully saturated rings. The molecule has 1 aromatic carbocycles. The largest absolute Gasteiger partial charge is 0.282 e. The molecule has 0 atom stereocenters. The molecule has 1 heterocycles. The van der Waals surface area contributed by atoms with Crippen LogP contribution in [0.3, 0.4) is 0 Å². The zero-order chi connectivity index (χ0) is 11.0. The SMILES string of the molecule is CC(C)c1cc2ccn(SI)c2cc1Br. The fraction of sp³-hybridized carbons (Fsp3) is 0.273. The molecule has 0 radical (unpaired) electrons. The van der Waals surface area contributed by atoms with Gasteiger partial charge in [-0.15, -0.1) is 0 Å². The first-order valence-electron chi connectivity index (χ1n) is 4.73. The minimum atomic E-state index is 0.555. The molecule has 0 saturated heterocycles. The summed E-state index contributed by atoms with van der Waals surface area (Å²) in [5, 5.41) is 1.31. The second-order valence-corrected chi connectivity index (χ2v) is 6.37. The predicted molar refractivity (Wildman–Crippen MR) is 80.7 cm³/mol. The van der Waals surface area contributed by atoms with Gasteiger partial charge in [-0.3, -0.25) is 3.97 Å². The molecule has 2 aromatic rings. The summed E-state index contributed by atoms with van der Waals surface area (Å²) in [6.45, 7) is 4.44. The lowest BCUT2D eigenvalue weighted by Gasteiger charge is -2.09. The number of benzene rings is 1. The van der Waals surface area contributed by atoms with E-state index in [1.54, 1.807) is 9.12 Å². The highest BCUT2D eigenvalue weighted by Crippen LogP contribution is 2.32. The highest BCUT2D eigenvalue weighted by atomic mass is 127. The van der Waals surface area contributed by atoms with Gasteiger partial charge in [0.15, 0.2) is 0 Å². The topological polar surface area (TPSA) is 4.93 Å². The molecule has 1 nitrogen and oxygen atoms in total. The average Bonchev–Trinajstić information content (AvgIpc) is 2.58. The number of hydrogen-bond acceptors (Lipinski definition) is 1. The van der Waals surface area contributed by atoms with E-state index in [1.807, 2.05) is 0 Å². The van der Waals surface area contributed by atoms with Crippen LogP contribution < -0.4 is 0 Å². The first-order valence-corrected chi connectivity index (χ1v) is 8.84. The summed E-state index contributed by atoms with van der Waals surface area (Å²) in [5.74, 6) is 0.555. The van der Waals surface area contributed by atoms with E-state index in [9.17, 15) is 0 Å². The lowest BCUT2D eigenvalue weighted by Crippen LogP contribution is -1.89. The van der Waals surface area contributed by atoms with E-state index in [-0.39, 0.29) is 0 Å². The van der Waals surface area contributed by atoms with Crippen LogP contribution in [-0.2, 0) is 0 Å². The second kappa shape index (κ2) is 4.67. The van der Waals surface area contributed by atoms with Crippen molar-refractivity contribution in [1.82, 2.24) is 3.97 Å². The molecule has 2 rings (SSSR count). The van der Waals surface area contributed by atoms with Crippen molar-refractivity contribution in [2.24, 2.45) is 0 Å². The second-order valence-electron chi connectivity index (χ2n) is 3.80. The number of nitrogens with zero attached hydrogens (tertiary/aromatic N) is 1. The third-order valence-electron chi connectivity index (χ3n) is 2.47. The summed E-state index contributed by atoms with van der Waals surface area (Å²) in [6, 6.07) is 6.64. The van der Waals surface area contributed by atoms with Gasteiger partial charge < -0.3 is 0 Å². The van der Waals surface area contributed by atoms with Gasteiger partial charge in [-0.1, -0.05) is 29.8 Å². The van der Waals surface area contributed by atoms with Crippen molar-refractivity contribution in [3.63, 3.8) is 0 Å². The molecule has 0 amide bonds. The Balaban J connectivity index is 2.67. The van der Waals surface area contributed by atoms with Crippen LogP contribution in [0.25, 0.3) is 10.9 Å². The van der Waals surface area contributed by atoms with Gasteiger partial charge in [0.2, 0.25) is 0 Å². The van der Waals surface area contributed by atoms with Crippen LogP contribution in [-0.4, -0.2) is 3.97 Å². The van der Waals surface area contributed by atoms with E-state index < -0.39 is 0 Å². The zero-order valence-electron chi connectivity index (χ0n) is 8.50. The van der Waals surface area contributed by atoms with E-state index in [4.69, 9.17) is 0 Å². The lowest BCUT2D eigenvalue weighted by atomic mass is 10.0. The maximum atomic E-state index is 3.64. The molecule has 4 heteroatoms. The van der Waals surface area contributed by atoms with Crippen molar-refractivity contribution >= 4 is 57.2 Å². The number of halogens is 2. The van der Waals surface area contributed by atoms with Crippen molar-refractivity contribution in [3.8, 4) is 0 Å². The van der Waals surface area contributed by atoms with E-state index in [0.717, 1.165) is 0 Å². The molecule has 0 unspecified atom stereocenters. The van der Waals surface area contributed by atoms with Gasteiger partial charge in [0, 0.05) is 46.4 Å². The van der Waals surface area contributed by atoms with Gasteiger partial charge in [-0.2, -0.15) is 0 Å². The summed E-state index contributed by atoms with van der Waals surface area (Å²) in [4.78, 5) is 0. The summed E-state index contributed by atoms with van der Waals surface area (Å²) >= 11 is 5.94. The standard InChI is InChI=1S/C11H11BrINS/c1-7(2)9-5-8-3-4-14(15-13)11(8)6-10(9)12/h3-7H,1-2H3. The van der Waals surface area contributed by atoms with Crippen LogP contribution in [0.4, 0.5) is 0 Å². The van der Waals surface area contributed by atoms with E-state index >= 15 is 0 Å². The number of fused-ring (bicyclic) bond motifs is 1. The summed E-state index contributed by atoms with van der Waals surface area (Å²) in [5.41, 5.74) is 2.64. The van der Waals surface area contributed by atoms with Crippen LogP contribution in [0.15, 0.2) is 28.9 Å². The molecule has 0 N–H and O–H groups in total. The van der Waals surface area contributed by atoms with E-state index in [2.05, 4.69) is 79.4 Å². The Bertz CT molecular complexity index is 493. The maximum Gasteiger partial charge on any atom is 0.0609 e. The Morgan fingerprint density at radius 3 is 2.73 bits per heavy atom. The smallest absolute Gasteiger partial charge is 0.0609 e. The molecule has 0 aliphatic heterocycles. The summed E-state index contributed by atoms with van der Waals surface area (Å²) in [7, 11) is 1.69. The van der Waals surface area contributed by atoms with Crippen molar-refractivity contribution in [2.75, 3.05) is 0 Å². The third kappa shape index (κ3) is 2.22. The Labute approximate surface area is 114 Å². The van der Waals surface area contributed by atoms with Gasteiger partial charge in [-0.05, 0) is 29.7 Å². The molecule has 15 heavy (non-hydrogen) atoms. The lowest BCUT2D eigenvalue weighted by molar-refractivity contribution is 0.863. The Morgan fingerprint density at radius 2 is 2.13 bits per heavy atom. The van der Waals surface area contributed by atoms with Crippen LogP contribution in [0.2, 0.25) is 0 Å². The molecule has 0 bridgehead atoms. The zero-order valence-corrected chi connectivity index (χ0v) is 13.1. The Morgan fingerprint density at radius 1 is 1.40 bits per heavy atom. The molecule has 80 valence electrons. The fourth-order valence-corrected chi connectivity index (χ4v) is 3.81. The van der Waals surface area contributed by atoms with Gasteiger partial charge in [0.25, 0.3) is 0 Å². The molecular weight excluding hydrogens is 385 g/mol. The molecule has 0 aliphatic carbocycles. The van der Waals surface area contributed by atoms with Crippen molar-refractivity contribution in [1.29, 1.82) is 0 Å². The Kier molecular flexibility index (Phi) is 3.67. The number of aromatic nitrogens is 1. The summed E-state index contributed by atoms with van der Waals surface area (Å²) < 4.78 is 3.38. The molecule has 0 saturated carbocycles. The van der Waals surface area contributed by atoms with E-state index in [0.29, 0.717) is 5.92 Å². The fourth-order valence-electron chi connectivity index (χ4n) is 1.65. The van der Waals surface area contributed by atoms with Crippen molar-refractivity contribution < 1.29 is 0 Å². The van der Waals surface area contributed by atoms with Crippen LogP contribution in [0.1, 0.15) is 25.3 Å². The quantitative estimate of drug-likeness (QED) is 0.618. The average molecular weight is 396 g/mol. The van der Waals surface area contributed by atoms with E-state index in [1.165, 1.54) is 20.9 Å². The molecule has 1 aromatic heterocycles. The minimum absolute atomic E-state index is 0.555. The molecular formula is C11H11BrINS. The Hall–Kier alpha value is 0.320. The van der Waals surface area contributed by atoms with Crippen LogP contribution in [0, 0.1) is 0 Å². The maximum absolute atomic E-state index is 3.64. The number of hydrogen-bond donors (Lipinski definition) is 0. The van der Waals surface area contributed by atoms with Crippen LogP contribution >= 0.6 is 46.3 Å². The molecule has 0 spiro atoms.